The smallest absolute Gasteiger partial charge is 0.334 e. The normalized spacial score (nSPS) is 10.6. The highest BCUT2D eigenvalue weighted by Gasteiger charge is 2.11. The van der Waals surface area contributed by atoms with E-state index in [1.807, 2.05) is 11.9 Å². The predicted molar refractivity (Wildman–Crippen MR) is 53.5 cm³/mol. The number of hydrogen-bond acceptors (Lipinski definition) is 3. The fourth-order valence-electron chi connectivity index (χ4n) is 0.781. The molecule has 0 aliphatic carbocycles. The van der Waals surface area contributed by atoms with E-state index in [-0.39, 0.29) is 5.97 Å². The molecule has 0 rings (SSSR count). The van der Waals surface area contributed by atoms with Gasteiger partial charge in [0.2, 0.25) is 0 Å². The van der Waals surface area contributed by atoms with E-state index in [9.17, 15) is 4.79 Å². The third-order valence-electron chi connectivity index (χ3n) is 1.89. The average molecular weight is 185 g/mol. The lowest BCUT2D eigenvalue weighted by Crippen LogP contribution is -2.30. The predicted octanol–water partition coefficient (Wildman–Crippen LogP) is 1.45. The minimum Gasteiger partial charge on any atom is -0.463 e. The summed E-state index contributed by atoms with van der Waals surface area (Å²) >= 11 is 0. The average Bonchev–Trinajstić information content (AvgIpc) is 2.04. The van der Waals surface area contributed by atoms with Gasteiger partial charge >= 0.3 is 5.97 Å². The Balaban J connectivity index is 3.93. The van der Waals surface area contributed by atoms with E-state index < -0.39 is 0 Å². The van der Waals surface area contributed by atoms with Crippen LogP contribution in [-0.2, 0) is 9.53 Å². The molecule has 0 aromatic carbocycles. The minimum atomic E-state index is -0.296. The number of esters is 1. The highest BCUT2D eigenvalue weighted by atomic mass is 16.5. The molecule has 0 radical (unpaired) electrons. The van der Waals surface area contributed by atoms with Crippen LogP contribution in [0.15, 0.2) is 12.2 Å². The second-order valence-electron chi connectivity index (χ2n) is 3.33. The van der Waals surface area contributed by atoms with Crippen molar-refractivity contribution < 1.29 is 9.53 Å². The van der Waals surface area contributed by atoms with Gasteiger partial charge in [-0.05, 0) is 27.8 Å². The Morgan fingerprint density at radius 2 is 2.08 bits per heavy atom. The highest BCUT2D eigenvalue weighted by molar-refractivity contribution is 5.88. The van der Waals surface area contributed by atoms with Crippen molar-refractivity contribution >= 4 is 5.97 Å². The second-order valence-corrected chi connectivity index (χ2v) is 3.33. The first kappa shape index (κ1) is 12.2. The Kier molecular flexibility index (Phi) is 5.39. The first-order valence-electron chi connectivity index (χ1n) is 4.54. The summed E-state index contributed by atoms with van der Waals surface area (Å²) in [6, 6.07) is 0.408. The molecule has 3 heteroatoms. The summed E-state index contributed by atoms with van der Waals surface area (Å²) in [5, 5.41) is 0. The van der Waals surface area contributed by atoms with Crippen LogP contribution in [0.2, 0.25) is 0 Å². The minimum absolute atomic E-state index is 0.296. The first-order chi connectivity index (χ1) is 5.99. The fraction of sp³-hybridized carbons (Fsp3) is 0.700. The van der Waals surface area contributed by atoms with Gasteiger partial charge in [0.05, 0.1) is 6.61 Å². The Morgan fingerprint density at radius 3 is 2.46 bits per heavy atom. The van der Waals surface area contributed by atoms with Gasteiger partial charge in [0.25, 0.3) is 0 Å². The van der Waals surface area contributed by atoms with E-state index in [2.05, 4.69) is 20.4 Å². The molecule has 0 bridgehead atoms. The van der Waals surface area contributed by atoms with Crippen LogP contribution in [0.1, 0.15) is 20.8 Å². The van der Waals surface area contributed by atoms with Crippen molar-refractivity contribution in [2.45, 2.75) is 26.8 Å². The van der Waals surface area contributed by atoms with Gasteiger partial charge in [-0.3, -0.25) is 4.90 Å². The van der Waals surface area contributed by atoms with Crippen molar-refractivity contribution in [3.05, 3.63) is 12.2 Å². The lowest BCUT2D eigenvalue weighted by Gasteiger charge is -2.21. The number of carbonyl (C=O) groups is 1. The zero-order valence-electron chi connectivity index (χ0n) is 8.96. The second kappa shape index (κ2) is 5.75. The van der Waals surface area contributed by atoms with Gasteiger partial charge in [-0.25, -0.2) is 4.79 Å². The lowest BCUT2D eigenvalue weighted by atomic mass is 10.2. The third kappa shape index (κ3) is 4.68. The molecule has 0 saturated heterocycles. The molecular formula is C10H19NO2. The van der Waals surface area contributed by atoms with Crippen LogP contribution in [0.3, 0.4) is 0 Å². The third-order valence-corrected chi connectivity index (χ3v) is 1.89. The summed E-state index contributed by atoms with van der Waals surface area (Å²) < 4.78 is 4.82. The van der Waals surface area contributed by atoms with Gasteiger partial charge < -0.3 is 4.74 Å². The Bertz CT molecular complexity index is 187. The van der Waals surface area contributed by atoms with Gasteiger partial charge in [-0.1, -0.05) is 6.58 Å². The number of ether oxygens (including phenoxy) is 1. The van der Waals surface area contributed by atoms with Crippen molar-refractivity contribution in [1.29, 1.82) is 0 Å². The molecule has 0 saturated carbocycles. The number of carbonyl (C=O) groups excluding carboxylic acids is 1. The SMILES string of the molecule is C=C(CN(C)C(C)C)C(=O)OCC. The molecule has 0 aromatic rings. The molecule has 0 heterocycles. The highest BCUT2D eigenvalue weighted by Crippen LogP contribution is 2.01. The molecule has 0 atom stereocenters. The topological polar surface area (TPSA) is 29.5 Å². The van der Waals surface area contributed by atoms with Crippen molar-refractivity contribution in [2.24, 2.45) is 0 Å². The summed E-state index contributed by atoms with van der Waals surface area (Å²) in [6.07, 6.45) is 0. The quantitative estimate of drug-likeness (QED) is 0.479. The van der Waals surface area contributed by atoms with Crippen LogP contribution in [-0.4, -0.2) is 37.1 Å². The van der Waals surface area contributed by atoms with Crippen LogP contribution in [0, 0.1) is 0 Å². The van der Waals surface area contributed by atoms with Crippen molar-refractivity contribution in [1.82, 2.24) is 4.90 Å². The fourth-order valence-corrected chi connectivity index (χ4v) is 0.781. The molecule has 76 valence electrons. The van der Waals surface area contributed by atoms with Crippen molar-refractivity contribution in [2.75, 3.05) is 20.2 Å². The monoisotopic (exact) mass is 185 g/mol. The molecule has 0 aromatic heterocycles. The van der Waals surface area contributed by atoms with E-state index in [0.717, 1.165) is 0 Å². The maximum atomic E-state index is 11.2. The standard InChI is InChI=1S/C10H19NO2/c1-6-13-10(12)9(4)7-11(5)8(2)3/h8H,4,6-7H2,1-3,5H3. The van der Waals surface area contributed by atoms with Gasteiger partial charge in [-0.15, -0.1) is 0 Å². The van der Waals surface area contributed by atoms with Crippen LogP contribution in [0.4, 0.5) is 0 Å². The summed E-state index contributed by atoms with van der Waals surface area (Å²) in [5.41, 5.74) is 0.512. The van der Waals surface area contributed by atoms with E-state index >= 15 is 0 Å². The van der Waals surface area contributed by atoms with Crippen LogP contribution in [0.25, 0.3) is 0 Å². The van der Waals surface area contributed by atoms with E-state index in [4.69, 9.17) is 4.74 Å². The Labute approximate surface area is 80.4 Å². The molecule has 0 amide bonds. The number of hydrogen-bond donors (Lipinski definition) is 0. The van der Waals surface area contributed by atoms with E-state index in [1.54, 1.807) is 6.92 Å². The zero-order valence-corrected chi connectivity index (χ0v) is 8.96. The molecule has 0 aliphatic rings. The number of nitrogens with zero attached hydrogens (tertiary/aromatic N) is 1. The molecule has 0 N–H and O–H groups in total. The maximum absolute atomic E-state index is 11.2. The summed E-state index contributed by atoms with van der Waals surface area (Å²) in [6.45, 7) is 10.6. The van der Waals surface area contributed by atoms with Gasteiger partial charge in [0, 0.05) is 18.2 Å². The van der Waals surface area contributed by atoms with Crippen molar-refractivity contribution in [3.8, 4) is 0 Å². The molecule has 0 unspecified atom stereocenters. The molecule has 0 spiro atoms. The van der Waals surface area contributed by atoms with Gasteiger partial charge in [0.15, 0.2) is 0 Å². The summed E-state index contributed by atoms with van der Waals surface area (Å²) in [7, 11) is 1.95. The van der Waals surface area contributed by atoms with Crippen LogP contribution >= 0.6 is 0 Å². The van der Waals surface area contributed by atoms with Gasteiger partial charge in [0.1, 0.15) is 0 Å². The van der Waals surface area contributed by atoms with Crippen LogP contribution in [0.5, 0.6) is 0 Å². The first-order valence-corrected chi connectivity index (χ1v) is 4.54. The summed E-state index contributed by atoms with van der Waals surface area (Å²) in [4.78, 5) is 13.2. The van der Waals surface area contributed by atoms with Crippen LogP contribution < -0.4 is 0 Å². The Hall–Kier alpha value is -0.830. The molecule has 0 aliphatic heterocycles. The largest absolute Gasteiger partial charge is 0.463 e. The van der Waals surface area contributed by atoms with E-state index in [1.165, 1.54) is 0 Å². The lowest BCUT2D eigenvalue weighted by molar-refractivity contribution is -0.138. The zero-order chi connectivity index (χ0) is 10.4. The number of rotatable bonds is 5. The molecule has 3 nitrogen and oxygen atoms in total. The molecule has 13 heavy (non-hydrogen) atoms. The summed E-state index contributed by atoms with van der Waals surface area (Å²) in [5.74, 6) is -0.296. The molecule has 0 fully saturated rings. The van der Waals surface area contributed by atoms with Gasteiger partial charge in [-0.2, -0.15) is 0 Å². The molecular weight excluding hydrogens is 166 g/mol. The van der Waals surface area contributed by atoms with Crippen molar-refractivity contribution in [3.63, 3.8) is 0 Å². The maximum Gasteiger partial charge on any atom is 0.334 e. The van der Waals surface area contributed by atoms with E-state index in [0.29, 0.717) is 24.8 Å². The Morgan fingerprint density at radius 1 is 1.54 bits per heavy atom. The number of likely N-dealkylation sites (N-methyl/N-ethyl adjacent to an activating group) is 1.